The van der Waals surface area contributed by atoms with Crippen LogP contribution in [-0.4, -0.2) is 26.0 Å². The van der Waals surface area contributed by atoms with Gasteiger partial charge in [-0.15, -0.1) is 10.2 Å². The van der Waals surface area contributed by atoms with Crippen LogP contribution in [0.2, 0.25) is 0 Å². The van der Waals surface area contributed by atoms with Gasteiger partial charge in [0.25, 0.3) is 0 Å². The lowest BCUT2D eigenvalue weighted by molar-refractivity contribution is -0.120. The number of aromatic nitrogens is 3. The number of rotatable bonds is 6. The van der Waals surface area contributed by atoms with Gasteiger partial charge in [-0.1, -0.05) is 72.4 Å². The fourth-order valence-corrected chi connectivity index (χ4v) is 3.29. The van der Waals surface area contributed by atoms with Gasteiger partial charge in [-0.05, 0) is 19.4 Å². The summed E-state index contributed by atoms with van der Waals surface area (Å²) in [7, 11) is 0. The highest BCUT2D eigenvalue weighted by Crippen LogP contribution is 2.25. The number of hydrogen-bond donors (Lipinski definition) is 2. The van der Waals surface area contributed by atoms with Crippen molar-refractivity contribution in [2.45, 2.75) is 30.3 Å². The molecule has 2 atom stereocenters. The molecule has 1 aromatic heterocycles. The Morgan fingerprint density at radius 1 is 1.04 bits per heavy atom. The topological polar surface area (TPSA) is 85.8 Å². The van der Waals surface area contributed by atoms with E-state index in [4.69, 9.17) is 5.84 Å². The van der Waals surface area contributed by atoms with E-state index in [0.717, 1.165) is 11.1 Å². The number of carbonyl (C=O) groups is 1. The smallest absolute Gasteiger partial charge is 0.233 e. The van der Waals surface area contributed by atoms with Crippen LogP contribution in [0.3, 0.4) is 0 Å². The van der Waals surface area contributed by atoms with Gasteiger partial charge in [0.15, 0.2) is 5.82 Å². The molecule has 0 bridgehead atoms. The number of thioether (sulfide) groups is 1. The van der Waals surface area contributed by atoms with E-state index in [1.54, 1.807) is 0 Å². The van der Waals surface area contributed by atoms with Crippen molar-refractivity contribution in [3.63, 3.8) is 0 Å². The first-order valence-corrected chi connectivity index (χ1v) is 9.22. The molecule has 0 saturated heterocycles. The normalized spacial score (nSPS) is 13.2. The van der Waals surface area contributed by atoms with Crippen molar-refractivity contribution < 1.29 is 4.79 Å². The van der Waals surface area contributed by atoms with Crippen LogP contribution in [0, 0.1) is 0 Å². The lowest BCUT2D eigenvalue weighted by Crippen LogP contribution is -2.33. The molecule has 7 heteroatoms. The first kappa shape index (κ1) is 18.0. The summed E-state index contributed by atoms with van der Waals surface area (Å²) in [5, 5.41) is 11.4. The Bertz CT molecular complexity index is 866. The van der Waals surface area contributed by atoms with Crippen LogP contribution in [0.5, 0.6) is 0 Å². The van der Waals surface area contributed by atoms with E-state index in [2.05, 4.69) is 15.5 Å². The minimum atomic E-state index is -0.351. The van der Waals surface area contributed by atoms with Gasteiger partial charge in [0.05, 0.1) is 11.3 Å². The van der Waals surface area contributed by atoms with Crippen LogP contribution < -0.4 is 11.2 Å². The Morgan fingerprint density at radius 2 is 1.65 bits per heavy atom. The summed E-state index contributed by atoms with van der Waals surface area (Å²) < 4.78 is 1.42. The van der Waals surface area contributed by atoms with Gasteiger partial charge in [0.2, 0.25) is 11.1 Å². The molecule has 134 valence electrons. The van der Waals surface area contributed by atoms with Crippen molar-refractivity contribution in [3.05, 3.63) is 66.2 Å². The number of hydrogen-bond acceptors (Lipinski definition) is 5. The number of nitrogens with zero attached hydrogens (tertiary/aromatic N) is 3. The maximum Gasteiger partial charge on any atom is 0.233 e. The highest BCUT2D eigenvalue weighted by Gasteiger charge is 2.21. The molecule has 1 amide bonds. The van der Waals surface area contributed by atoms with Crippen molar-refractivity contribution in [1.82, 2.24) is 20.2 Å². The summed E-state index contributed by atoms with van der Waals surface area (Å²) in [5.41, 5.74) is 1.94. The number of nitrogen functional groups attached to an aromatic ring is 1. The zero-order valence-electron chi connectivity index (χ0n) is 14.7. The van der Waals surface area contributed by atoms with Crippen LogP contribution in [0.25, 0.3) is 11.4 Å². The zero-order chi connectivity index (χ0) is 18.5. The fourth-order valence-electron chi connectivity index (χ4n) is 2.51. The van der Waals surface area contributed by atoms with Crippen molar-refractivity contribution in [1.29, 1.82) is 0 Å². The Kier molecular flexibility index (Phi) is 5.58. The predicted octanol–water partition coefficient (Wildman–Crippen LogP) is 3.02. The molecule has 0 aliphatic carbocycles. The molecule has 0 spiro atoms. The number of nitrogens with one attached hydrogen (secondary N) is 1. The minimum absolute atomic E-state index is 0.0672. The third kappa shape index (κ3) is 4.05. The van der Waals surface area contributed by atoms with Gasteiger partial charge in [-0.3, -0.25) is 4.79 Å². The minimum Gasteiger partial charge on any atom is -0.349 e. The quantitative estimate of drug-likeness (QED) is 0.517. The lowest BCUT2D eigenvalue weighted by Gasteiger charge is -2.17. The maximum absolute atomic E-state index is 12.5. The van der Waals surface area contributed by atoms with Crippen molar-refractivity contribution >= 4 is 17.7 Å². The molecule has 0 radical (unpaired) electrons. The summed E-state index contributed by atoms with van der Waals surface area (Å²) in [6.07, 6.45) is 0. The van der Waals surface area contributed by atoms with Gasteiger partial charge >= 0.3 is 0 Å². The lowest BCUT2D eigenvalue weighted by atomic mass is 10.1. The molecule has 26 heavy (non-hydrogen) atoms. The van der Waals surface area contributed by atoms with E-state index >= 15 is 0 Å². The molecule has 0 saturated carbocycles. The first-order valence-electron chi connectivity index (χ1n) is 8.34. The van der Waals surface area contributed by atoms with Crippen molar-refractivity contribution in [3.8, 4) is 11.4 Å². The monoisotopic (exact) mass is 367 g/mol. The molecule has 3 aromatic rings. The maximum atomic E-state index is 12.5. The number of nitrogens with two attached hydrogens (primary N) is 1. The second kappa shape index (κ2) is 8.05. The molecule has 3 rings (SSSR count). The van der Waals surface area contributed by atoms with Gasteiger partial charge in [0.1, 0.15) is 0 Å². The molecule has 2 aromatic carbocycles. The molecule has 6 nitrogen and oxygen atoms in total. The zero-order valence-corrected chi connectivity index (χ0v) is 15.5. The summed E-state index contributed by atoms with van der Waals surface area (Å²) in [4.78, 5) is 12.5. The van der Waals surface area contributed by atoms with Gasteiger partial charge in [0, 0.05) is 5.56 Å². The molecule has 0 aliphatic heterocycles. The van der Waals surface area contributed by atoms with Crippen molar-refractivity contribution in [2.75, 3.05) is 5.84 Å². The summed E-state index contributed by atoms with van der Waals surface area (Å²) in [5.74, 6) is 6.61. The Hall–Kier alpha value is -2.80. The van der Waals surface area contributed by atoms with Crippen LogP contribution in [-0.2, 0) is 4.79 Å². The van der Waals surface area contributed by atoms with E-state index in [-0.39, 0.29) is 17.2 Å². The largest absolute Gasteiger partial charge is 0.349 e. The number of benzene rings is 2. The van der Waals surface area contributed by atoms with Gasteiger partial charge in [-0.2, -0.15) is 0 Å². The molecule has 1 heterocycles. The second-order valence-corrected chi connectivity index (χ2v) is 7.25. The summed E-state index contributed by atoms with van der Waals surface area (Å²) >= 11 is 1.28. The SMILES string of the molecule is CC(Sc1nnc(-c2ccccc2)n1N)C(=O)NC(C)c1ccccc1. The van der Waals surface area contributed by atoms with E-state index in [0.29, 0.717) is 11.0 Å². The average Bonchev–Trinajstić information content (AvgIpc) is 3.03. The Labute approximate surface area is 156 Å². The summed E-state index contributed by atoms with van der Waals surface area (Å²) in [6, 6.07) is 19.4. The first-order chi connectivity index (χ1) is 12.6. The second-order valence-electron chi connectivity index (χ2n) is 5.94. The standard InChI is InChI=1S/C19H21N5OS/c1-13(15-9-5-3-6-10-15)21-18(25)14(2)26-19-23-22-17(24(19)20)16-11-7-4-8-12-16/h3-14H,20H2,1-2H3,(H,21,25). The van der Waals surface area contributed by atoms with Gasteiger partial charge in [-0.25, -0.2) is 4.68 Å². The van der Waals surface area contributed by atoms with E-state index in [1.165, 1.54) is 16.4 Å². The third-order valence-corrected chi connectivity index (χ3v) is 5.06. The average molecular weight is 367 g/mol. The highest BCUT2D eigenvalue weighted by atomic mass is 32.2. The van der Waals surface area contributed by atoms with Crippen LogP contribution in [0.15, 0.2) is 65.8 Å². The third-order valence-electron chi connectivity index (χ3n) is 4.01. The number of carbonyl (C=O) groups excluding carboxylic acids is 1. The van der Waals surface area contributed by atoms with Crippen LogP contribution in [0.1, 0.15) is 25.5 Å². The molecular formula is C19H21N5OS. The highest BCUT2D eigenvalue weighted by molar-refractivity contribution is 8.00. The van der Waals surface area contributed by atoms with E-state index in [9.17, 15) is 4.79 Å². The number of amides is 1. The summed E-state index contributed by atoms with van der Waals surface area (Å²) in [6.45, 7) is 3.79. The molecule has 2 unspecified atom stereocenters. The van der Waals surface area contributed by atoms with E-state index < -0.39 is 0 Å². The van der Waals surface area contributed by atoms with Gasteiger partial charge < -0.3 is 11.2 Å². The fraction of sp³-hybridized carbons (Fsp3) is 0.211. The van der Waals surface area contributed by atoms with E-state index in [1.807, 2.05) is 74.5 Å². The molecule has 0 aliphatic rings. The predicted molar refractivity (Wildman–Crippen MR) is 104 cm³/mol. The van der Waals surface area contributed by atoms with Crippen LogP contribution in [0.4, 0.5) is 0 Å². The Morgan fingerprint density at radius 3 is 2.31 bits per heavy atom. The Balaban J connectivity index is 1.65. The molecule has 0 fully saturated rings. The van der Waals surface area contributed by atoms with Crippen LogP contribution >= 0.6 is 11.8 Å². The molecular weight excluding hydrogens is 346 g/mol. The molecule has 3 N–H and O–H groups in total. The van der Waals surface area contributed by atoms with Crippen molar-refractivity contribution in [2.24, 2.45) is 0 Å².